The molecule has 0 aromatic heterocycles. The fourth-order valence-corrected chi connectivity index (χ4v) is 2.75. The predicted molar refractivity (Wildman–Crippen MR) is 83.9 cm³/mol. The molecule has 2 aromatic carbocycles. The second kappa shape index (κ2) is 5.84. The first kappa shape index (κ1) is 14.9. The summed E-state index contributed by atoms with van der Waals surface area (Å²) in [6, 6.07) is 12.9. The van der Waals surface area contributed by atoms with Gasteiger partial charge >= 0.3 is 0 Å². The predicted octanol–water partition coefficient (Wildman–Crippen LogP) is 5.21. The van der Waals surface area contributed by atoms with E-state index in [1.54, 1.807) is 25.1 Å². The highest BCUT2D eigenvalue weighted by Gasteiger charge is 2.24. The van der Waals surface area contributed by atoms with Crippen LogP contribution in [0.1, 0.15) is 18.1 Å². The van der Waals surface area contributed by atoms with Gasteiger partial charge in [-0.2, -0.15) is 0 Å². The van der Waals surface area contributed by atoms with E-state index >= 15 is 0 Å². The summed E-state index contributed by atoms with van der Waals surface area (Å²) in [7, 11) is 0. The van der Waals surface area contributed by atoms with E-state index in [4.69, 9.17) is 23.2 Å². The van der Waals surface area contributed by atoms with Crippen molar-refractivity contribution < 1.29 is 5.11 Å². The third-order valence-electron chi connectivity index (χ3n) is 2.99. The molecule has 0 bridgehead atoms. The average Bonchev–Trinajstić information content (AvgIpc) is 2.33. The largest absolute Gasteiger partial charge is 0.385 e. The van der Waals surface area contributed by atoms with Crippen LogP contribution in [0.3, 0.4) is 0 Å². The Morgan fingerprint density at radius 3 is 2.58 bits per heavy atom. The summed E-state index contributed by atoms with van der Waals surface area (Å²) < 4.78 is 0.933. The summed E-state index contributed by atoms with van der Waals surface area (Å²) >= 11 is 15.5. The Morgan fingerprint density at radius 2 is 1.89 bits per heavy atom. The first-order chi connectivity index (χ1) is 8.88. The van der Waals surface area contributed by atoms with Crippen LogP contribution in [0.5, 0.6) is 0 Å². The fraction of sp³-hybridized carbons (Fsp3) is 0.200. The summed E-state index contributed by atoms with van der Waals surface area (Å²) in [5, 5.41) is 11.9. The zero-order chi connectivity index (χ0) is 14.0. The Bertz CT molecular complexity index is 596. The monoisotopic (exact) mass is 358 g/mol. The topological polar surface area (TPSA) is 20.2 Å². The van der Waals surface area contributed by atoms with Crippen LogP contribution in [-0.2, 0) is 12.0 Å². The zero-order valence-electron chi connectivity index (χ0n) is 10.3. The van der Waals surface area contributed by atoms with Crippen LogP contribution in [0.2, 0.25) is 10.0 Å². The second-order valence-electron chi connectivity index (χ2n) is 4.70. The van der Waals surface area contributed by atoms with E-state index in [0.29, 0.717) is 16.5 Å². The van der Waals surface area contributed by atoms with E-state index in [0.717, 1.165) is 15.6 Å². The van der Waals surface area contributed by atoms with Crippen molar-refractivity contribution >= 4 is 39.1 Å². The molecular weight excluding hydrogens is 347 g/mol. The summed E-state index contributed by atoms with van der Waals surface area (Å²) in [4.78, 5) is 0. The van der Waals surface area contributed by atoms with Crippen LogP contribution >= 0.6 is 39.1 Å². The third kappa shape index (κ3) is 3.73. The minimum Gasteiger partial charge on any atom is -0.385 e. The highest BCUT2D eigenvalue weighted by atomic mass is 79.9. The molecule has 1 nitrogen and oxygen atoms in total. The molecule has 2 rings (SSSR count). The molecule has 0 radical (unpaired) electrons. The lowest BCUT2D eigenvalue weighted by Crippen LogP contribution is -2.24. The number of halogens is 3. The van der Waals surface area contributed by atoms with Gasteiger partial charge in [-0.15, -0.1) is 0 Å². The van der Waals surface area contributed by atoms with Crippen molar-refractivity contribution in [3.63, 3.8) is 0 Å². The van der Waals surface area contributed by atoms with E-state index in [2.05, 4.69) is 15.9 Å². The summed E-state index contributed by atoms with van der Waals surface area (Å²) in [6.07, 6.45) is 0.406. The van der Waals surface area contributed by atoms with Gasteiger partial charge in [0.15, 0.2) is 0 Å². The number of hydrogen-bond acceptors (Lipinski definition) is 1. The maximum Gasteiger partial charge on any atom is 0.0909 e. The molecule has 1 N–H and O–H groups in total. The van der Waals surface area contributed by atoms with Gasteiger partial charge in [-0.05, 0) is 48.4 Å². The molecule has 19 heavy (non-hydrogen) atoms. The highest BCUT2D eigenvalue weighted by Crippen LogP contribution is 2.31. The molecule has 0 saturated carbocycles. The first-order valence-corrected chi connectivity index (χ1v) is 7.36. The van der Waals surface area contributed by atoms with Gasteiger partial charge in [0.1, 0.15) is 0 Å². The van der Waals surface area contributed by atoms with Crippen LogP contribution < -0.4 is 0 Å². The van der Waals surface area contributed by atoms with E-state index in [1.165, 1.54) is 0 Å². The Kier molecular flexibility index (Phi) is 4.57. The van der Waals surface area contributed by atoms with Gasteiger partial charge in [-0.1, -0.05) is 51.3 Å². The molecule has 1 unspecified atom stereocenters. The Hall–Kier alpha value is -0.540. The fourth-order valence-electron chi connectivity index (χ4n) is 1.98. The standard InChI is InChI=1S/C15H13BrCl2O/c1-15(19,11-3-2-4-12(16)8-11)9-10-7-13(17)5-6-14(10)18/h2-8,19H,9H2,1H3. The molecule has 0 aliphatic rings. The van der Waals surface area contributed by atoms with Crippen LogP contribution in [0.15, 0.2) is 46.9 Å². The molecule has 0 saturated heterocycles. The molecule has 2 aromatic rings. The Morgan fingerprint density at radius 1 is 1.16 bits per heavy atom. The van der Waals surface area contributed by atoms with Gasteiger partial charge < -0.3 is 5.11 Å². The van der Waals surface area contributed by atoms with Crippen molar-refractivity contribution in [3.05, 3.63) is 68.1 Å². The second-order valence-corrected chi connectivity index (χ2v) is 6.46. The van der Waals surface area contributed by atoms with E-state index < -0.39 is 5.60 Å². The van der Waals surface area contributed by atoms with E-state index in [-0.39, 0.29) is 0 Å². The maximum atomic E-state index is 10.7. The van der Waals surface area contributed by atoms with Crippen molar-refractivity contribution in [2.24, 2.45) is 0 Å². The van der Waals surface area contributed by atoms with Gasteiger partial charge in [0.05, 0.1) is 5.60 Å². The lowest BCUT2D eigenvalue weighted by molar-refractivity contribution is 0.0576. The van der Waals surface area contributed by atoms with Gasteiger partial charge in [-0.25, -0.2) is 0 Å². The summed E-state index contributed by atoms with van der Waals surface area (Å²) in [5.41, 5.74) is 0.662. The third-order valence-corrected chi connectivity index (χ3v) is 4.09. The van der Waals surface area contributed by atoms with Crippen molar-refractivity contribution in [2.45, 2.75) is 18.9 Å². The molecule has 100 valence electrons. The number of rotatable bonds is 3. The van der Waals surface area contributed by atoms with Crippen molar-refractivity contribution in [3.8, 4) is 0 Å². The van der Waals surface area contributed by atoms with Gasteiger partial charge in [0.25, 0.3) is 0 Å². The van der Waals surface area contributed by atoms with Crippen LogP contribution in [-0.4, -0.2) is 5.11 Å². The van der Waals surface area contributed by atoms with Gasteiger partial charge in [-0.3, -0.25) is 0 Å². The molecular formula is C15H13BrCl2O. The van der Waals surface area contributed by atoms with Crippen LogP contribution in [0, 0.1) is 0 Å². The molecule has 0 spiro atoms. The molecule has 0 aliphatic carbocycles. The zero-order valence-corrected chi connectivity index (χ0v) is 13.4. The number of hydrogen-bond donors (Lipinski definition) is 1. The van der Waals surface area contributed by atoms with E-state index in [1.807, 2.05) is 24.3 Å². The van der Waals surface area contributed by atoms with Crippen molar-refractivity contribution in [1.29, 1.82) is 0 Å². The van der Waals surface area contributed by atoms with Gasteiger partial charge in [0, 0.05) is 20.9 Å². The minimum atomic E-state index is -1.00. The molecule has 1 atom stereocenters. The Balaban J connectivity index is 2.33. The van der Waals surface area contributed by atoms with E-state index in [9.17, 15) is 5.11 Å². The summed E-state index contributed by atoms with van der Waals surface area (Å²) in [6.45, 7) is 1.77. The lowest BCUT2D eigenvalue weighted by Gasteiger charge is -2.25. The first-order valence-electron chi connectivity index (χ1n) is 5.81. The van der Waals surface area contributed by atoms with Crippen LogP contribution in [0.25, 0.3) is 0 Å². The van der Waals surface area contributed by atoms with Gasteiger partial charge in [0.2, 0.25) is 0 Å². The highest BCUT2D eigenvalue weighted by molar-refractivity contribution is 9.10. The molecule has 0 aliphatic heterocycles. The molecule has 0 fully saturated rings. The molecule has 4 heteroatoms. The summed E-state index contributed by atoms with van der Waals surface area (Å²) in [5.74, 6) is 0. The number of benzene rings is 2. The Labute approximate surface area is 131 Å². The van der Waals surface area contributed by atoms with Crippen molar-refractivity contribution in [2.75, 3.05) is 0 Å². The molecule has 0 amide bonds. The quantitative estimate of drug-likeness (QED) is 0.797. The molecule has 0 heterocycles. The SMILES string of the molecule is CC(O)(Cc1cc(Cl)ccc1Cl)c1cccc(Br)c1. The van der Waals surface area contributed by atoms with Crippen molar-refractivity contribution in [1.82, 2.24) is 0 Å². The number of aliphatic hydroxyl groups is 1. The smallest absolute Gasteiger partial charge is 0.0909 e. The average molecular weight is 360 g/mol. The normalized spacial score (nSPS) is 14.2. The maximum absolute atomic E-state index is 10.7. The van der Waals surface area contributed by atoms with Crippen LogP contribution in [0.4, 0.5) is 0 Å². The lowest BCUT2D eigenvalue weighted by atomic mass is 9.89. The minimum absolute atomic E-state index is 0.406.